The molecule has 0 spiro atoms. The van der Waals surface area contributed by atoms with Crippen molar-refractivity contribution in [2.24, 2.45) is 0 Å². The van der Waals surface area contributed by atoms with Gasteiger partial charge in [0.15, 0.2) is 62.9 Å². The quantitative estimate of drug-likeness (QED) is 0.0331. The zero-order valence-electron chi connectivity index (χ0n) is 63.6. The normalized spacial score (nSPS) is 51.1. The Kier molecular flexibility index (Phi) is 34.3. The van der Waals surface area contributed by atoms with E-state index in [0.29, 0.717) is 0 Å². The molecule has 10 aliphatic heterocycles. The summed E-state index contributed by atoms with van der Waals surface area (Å²) in [6.07, 6.45) is -95.9. The number of hydrogen-bond acceptors (Lipinski definition) is 49. The molecule has 0 saturated carbocycles. The van der Waals surface area contributed by atoms with E-state index in [4.69, 9.17) is 90.0 Å². The van der Waals surface area contributed by atoms with E-state index in [9.17, 15) is 152 Å². The highest BCUT2D eigenvalue weighted by Crippen LogP contribution is 2.41. The summed E-state index contributed by atoms with van der Waals surface area (Å²) in [6.45, 7) is -3.60. The molecule has 0 aliphatic carbocycles. The molecule has 52 heteroatoms. The first kappa shape index (κ1) is 96.8. The highest BCUT2D eigenvalue weighted by molar-refractivity contribution is 5.74. The van der Waals surface area contributed by atoms with Crippen molar-refractivity contribution in [1.29, 1.82) is 0 Å². The fraction of sp³-hybridized carbons (Fsp3) is 0.955. The maximum Gasteiger partial charge on any atom is 0.217 e. The Bertz CT molecular complexity index is 3140. The van der Waals surface area contributed by atoms with Crippen LogP contribution in [0.1, 0.15) is 34.6 Å². The predicted octanol–water partition coefficient (Wildman–Crippen LogP) is -20.3. The van der Waals surface area contributed by atoms with Gasteiger partial charge in [-0.05, 0) is 13.8 Å². The fourth-order valence-corrected chi connectivity index (χ4v) is 15.4. The number of carbonyl (C=O) groups is 3. The fourth-order valence-electron chi connectivity index (χ4n) is 15.4. The standard InChI is InChI=1S/C66H111N3O49/c1-14-30(80)37(87)43(93)61(101-14)115-53-28(68-17(4)78)59(108-24(11-75)51(53)113-63-45(95)39(89)32(82)19(6-70)104-63)117-55-34(84)21(8-72)106-65(47(55)97)111-49-23(10-74)107-58(27(36(49)86)67-16(3)77)100-13-26-35(85)56(48(98)66(110-26)112-50-22(9-73)103-57(99)42(92)41(50)91)118-60-29(69-18(5)79)54(116-62-44(94)38(88)31(81)15(2)102-62)52(25(12-76)109-60)114-64-46(96)40(90)33(83)20(7-71)105-64/h14-15,19-66,70-76,80-99H,6-13H2,1-5H3,(H,67,77)(H,68,78)(H,69,79)/t14-,15-,19+,20+,21+,22+,23+,24+,25+,26+,27+,28+,29+,30+,31+,32-,33-,34-,35-,36+,37+,38+,39-,40-,41+,42+,43-,44-,45+,46+,47+,48+,49+,50+,51+,52+,53+,54+,55-,56-,57?,58+,59-,60-,61-,62-,63-,64-,65-,66-/m0/s1. The average Bonchev–Trinajstić information content (AvgIpc) is 0.761. The highest BCUT2D eigenvalue weighted by Gasteiger charge is 2.62. The van der Waals surface area contributed by atoms with Gasteiger partial charge in [-0.25, -0.2) is 0 Å². The van der Waals surface area contributed by atoms with E-state index in [1.807, 2.05) is 0 Å². The maximum absolute atomic E-state index is 13.4. The lowest BCUT2D eigenvalue weighted by molar-refractivity contribution is -0.394. The largest absolute Gasteiger partial charge is 0.394 e. The van der Waals surface area contributed by atoms with Crippen LogP contribution in [0.15, 0.2) is 0 Å². The topological polar surface area (TPSA) is 809 Å². The summed E-state index contributed by atoms with van der Waals surface area (Å²) in [4.78, 5) is 39.9. The van der Waals surface area contributed by atoms with Crippen molar-refractivity contribution in [2.75, 3.05) is 52.9 Å². The minimum atomic E-state index is -2.46. The molecule has 0 bridgehead atoms. The number of ether oxygens (including phenoxy) is 19. The van der Waals surface area contributed by atoms with E-state index >= 15 is 0 Å². The van der Waals surface area contributed by atoms with Crippen molar-refractivity contribution in [3.63, 3.8) is 0 Å². The second-order valence-electron chi connectivity index (χ2n) is 30.2. The van der Waals surface area contributed by atoms with Gasteiger partial charge in [-0.2, -0.15) is 0 Å². The molecule has 10 rings (SSSR count). The summed E-state index contributed by atoms with van der Waals surface area (Å²) in [5, 5.41) is 306. The van der Waals surface area contributed by atoms with Crippen LogP contribution in [0.2, 0.25) is 0 Å². The first-order chi connectivity index (χ1) is 55.8. The minimum absolute atomic E-state index is 0.928. The molecule has 1 unspecified atom stereocenters. The highest BCUT2D eigenvalue weighted by atomic mass is 16.8. The summed E-state index contributed by atoms with van der Waals surface area (Å²) >= 11 is 0. The molecule has 30 N–H and O–H groups in total. The van der Waals surface area contributed by atoms with E-state index in [1.54, 1.807) is 0 Å². The zero-order valence-corrected chi connectivity index (χ0v) is 63.6. The van der Waals surface area contributed by atoms with Crippen LogP contribution in [0.5, 0.6) is 0 Å². The van der Waals surface area contributed by atoms with Crippen LogP contribution in [0.3, 0.4) is 0 Å². The SMILES string of the molecule is CC(=O)N[C@H]1[C@H](OC[C@H]2O[C@@H](O[C@H]3[C@H](O)[C@@H](O)C(O)O[C@@H]3CO)[C@H](O)[C@@H](O[C@@H]3O[C@H](CO)[C@@H](O[C@@H]4O[C@H](CO)[C@H](O)[C@H](O)[C@H]4O)[C@H](O[C@@H]4O[C@@H](C)[C@@H](O)[C@@H](O)[C@@H]4O)[C@H]3NC(C)=O)[C@H]2O)O[C@H](CO)[C@@H](O[C@@H]2O[C@H](CO)[C@H](O)[C@H](O[C@@H]3O[C@H](CO)[C@@H](O[C@@H]4O[C@H](CO)[C@H](O)[C@H](O)[C@H]4O)[C@H](O[C@@H]4O[C@@H](C)[C@@H](O)[C@@H](O)[C@@H]4O)[C@H]3NC(C)=O)[C@H]2O)[C@@H]1O. The van der Waals surface area contributed by atoms with Gasteiger partial charge in [0.1, 0.15) is 232 Å². The third kappa shape index (κ3) is 20.8. The van der Waals surface area contributed by atoms with E-state index < -0.39 is 377 Å². The van der Waals surface area contributed by atoms with Crippen molar-refractivity contribution < 1.29 is 242 Å². The molecule has 3 amide bonds. The van der Waals surface area contributed by atoms with Crippen LogP contribution < -0.4 is 16.0 Å². The molecule has 0 aromatic carbocycles. The lowest BCUT2D eigenvalue weighted by Gasteiger charge is -2.52. The van der Waals surface area contributed by atoms with Gasteiger partial charge in [-0.3, -0.25) is 14.4 Å². The second-order valence-corrected chi connectivity index (χ2v) is 30.2. The van der Waals surface area contributed by atoms with Crippen LogP contribution in [0.25, 0.3) is 0 Å². The maximum atomic E-state index is 13.4. The van der Waals surface area contributed by atoms with Gasteiger partial charge in [0.25, 0.3) is 0 Å². The number of rotatable bonds is 29. The van der Waals surface area contributed by atoms with Gasteiger partial charge in [0.05, 0.1) is 65.1 Å². The average molecular weight is 1730 g/mol. The molecular formula is C66H111N3O49. The summed E-state index contributed by atoms with van der Waals surface area (Å²) in [6, 6.07) is -5.89. The second kappa shape index (κ2) is 41.8. The summed E-state index contributed by atoms with van der Waals surface area (Å²) in [5.74, 6) is -2.92. The summed E-state index contributed by atoms with van der Waals surface area (Å²) < 4.78 is 113. The third-order valence-corrected chi connectivity index (χ3v) is 22.0. The molecule has 0 aromatic rings. The lowest BCUT2D eigenvalue weighted by Crippen LogP contribution is -2.71. The van der Waals surface area contributed by atoms with Crippen LogP contribution >= 0.6 is 0 Å². The Morgan fingerprint density at radius 1 is 0.237 bits per heavy atom. The lowest BCUT2D eigenvalue weighted by atomic mass is 9.93. The molecule has 684 valence electrons. The molecule has 50 atom stereocenters. The smallest absolute Gasteiger partial charge is 0.217 e. The predicted molar refractivity (Wildman–Crippen MR) is 362 cm³/mol. The van der Waals surface area contributed by atoms with Gasteiger partial charge >= 0.3 is 0 Å². The van der Waals surface area contributed by atoms with Crippen molar-refractivity contribution in [2.45, 2.75) is 341 Å². The van der Waals surface area contributed by atoms with Gasteiger partial charge in [-0.15, -0.1) is 0 Å². The van der Waals surface area contributed by atoms with Crippen molar-refractivity contribution in [3.8, 4) is 0 Å². The summed E-state index contributed by atoms with van der Waals surface area (Å²) in [5.41, 5.74) is 0. The van der Waals surface area contributed by atoms with E-state index in [1.165, 1.54) is 13.8 Å². The Labute approximate surface area is 668 Å². The number of carbonyl (C=O) groups excluding carboxylic acids is 3. The monoisotopic (exact) mass is 1730 g/mol. The number of nitrogens with one attached hydrogen (secondary N) is 3. The molecule has 52 nitrogen and oxygen atoms in total. The molecule has 0 aromatic heterocycles. The van der Waals surface area contributed by atoms with Crippen LogP contribution in [-0.4, -0.2) is 515 Å². The van der Waals surface area contributed by atoms with E-state index in [2.05, 4.69) is 16.0 Å². The van der Waals surface area contributed by atoms with E-state index in [0.717, 1.165) is 20.8 Å². The van der Waals surface area contributed by atoms with Gasteiger partial charge < -0.3 is 244 Å². The molecule has 118 heavy (non-hydrogen) atoms. The molecule has 10 saturated heterocycles. The molecule has 10 heterocycles. The van der Waals surface area contributed by atoms with Crippen molar-refractivity contribution in [1.82, 2.24) is 16.0 Å². The van der Waals surface area contributed by atoms with Crippen LogP contribution in [-0.2, 0) is 104 Å². The third-order valence-electron chi connectivity index (χ3n) is 22.0. The molecule has 10 aliphatic rings. The number of aliphatic hydroxyl groups excluding tert-OH is 27. The van der Waals surface area contributed by atoms with Gasteiger partial charge in [0.2, 0.25) is 17.7 Å². The number of hydrogen-bond donors (Lipinski definition) is 30. The Balaban J connectivity index is 0.932. The zero-order chi connectivity index (χ0) is 86.8. The number of aliphatic hydroxyl groups is 27. The van der Waals surface area contributed by atoms with Crippen molar-refractivity contribution in [3.05, 3.63) is 0 Å². The molecule has 10 fully saturated rings. The Morgan fingerprint density at radius 3 is 0.890 bits per heavy atom. The van der Waals surface area contributed by atoms with Gasteiger partial charge in [0, 0.05) is 20.8 Å². The van der Waals surface area contributed by atoms with Crippen molar-refractivity contribution >= 4 is 17.7 Å². The Morgan fingerprint density at radius 2 is 0.508 bits per heavy atom. The number of amides is 3. The van der Waals surface area contributed by atoms with Gasteiger partial charge in [-0.1, -0.05) is 0 Å². The first-order valence-corrected chi connectivity index (χ1v) is 37.9. The minimum Gasteiger partial charge on any atom is -0.394 e. The first-order valence-electron chi connectivity index (χ1n) is 37.9. The van der Waals surface area contributed by atoms with E-state index in [-0.39, 0.29) is 0 Å². The Hall–Kier alpha value is -3.43. The van der Waals surface area contributed by atoms with Crippen LogP contribution in [0, 0.1) is 0 Å². The van der Waals surface area contributed by atoms with Crippen LogP contribution in [0.4, 0.5) is 0 Å². The summed E-state index contributed by atoms with van der Waals surface area (Å²) in [7, 11) is 0. The molecular weight excluding hydrogens is 1620 g/mol. The molecule has 0 radical (unpaired) electrons.